The maximum Gasteiger partial charge on any atom is 0.363 e. The standard InChI is InChI=1S/C24H18BrNO3/c1-16-5-9-19(10-6-16)23-26-22(24(27)29-23)14-17-7-11-21(12-8-17)28-15-18-3-2-4-20(25)13-18/h2-14H,15H2,1H3/b22-14-. The first kappa shape index (κ1) is 19.2. The molecule has 0 saturated carbocycles. The van der Waals surface area contributed by atoms with E-state index in [0.29, 0.717) is 12.5 Å². The summed E-state index contributed by atoms with van der Waals surface area (Å²) in [6.45, 7) is 2.49. The van der Waals surface area contributed by atoms with Crippen LogP contribution in [0.5, 0.6) is 5.75 Å². The van der Waals surface area contributed by atoms with Crippen LogP contribution in [0.4, 0.5) is 0 Å². The molecule has 0 N–H and O–H groups in total. The molecule has 3 aromatic rings. The van der Waals surface area contributed by atoms with Crippen LogP contribution < -0.4 is 4.74 Å². The van der Waals surface area contributed by atoms with Gasteiger partial charge in [-0.05, 0) is 60.5 Å². The van der Waals surface area contributed by atoms with Crippen molar-refractivity contribution in [1.82, 2.24) is 0 Å². The zero-order valence-electron chi connectivity index (χ0n) is 15.8. The molecule has 0 amide bonds. The molecule has 0 atom stereocenters. The molecule has 0 bridgehead atoms. The van der Waals surface area contributed by atoms with Crippen molar-refractivity contribution in [3.05, 3.63) is 105 Å². The summed E-state index contributed by atoms with van der Waals surface area (Å²) in [5.74, 6) is 0.635. The number of benzene rings is 3. The van der Waals surface area contributed by atoms with Gasteiger partial charge in [0, 0.05) is 10.0 Å². The Morgan fingerprint density at radius 2 is 1.79 bits per heavy atom. The van der Waals surface area contributed by atoms with Crippen LogP contribution in [0, 0.1) is 6.92 Å². The molecule has 29 heavy (non-hydrogen) atoms. The van der Waals surface area contributed by atoms with E-state index in [1.165, 1.54) is 0 Å². The van der Waals surface area contributed by atoms with E-state index in [-0.39, 0.29) is 5.70 Å². The number of hydrogen-bond donors (Lipinski definition) is 0. The van der Waals surface area contributed by atoms with Crippen molar-refractivity contribution in [2.75, 3.05) is 0 Å². The molecule has 144 valence electrons. The van der Waals surface area contributed by atoms with Crippen molar-refractivity contribution >= 4 is 33.9 Å². The van der Waals surface area contributed by atoms with E-state index in [1.807, 2.05) is 79.7 Å². The minimum absolute atomic E-state index is 0.281. The number of nitrogens with zero attached hydrogens (tertiary/aromatic N) is 1. The molecule has 0 aromatic heterocycles. The number of aryl methyl sites for hydroxylation is 1. The number of cyclic esters (lactones) is 1. The Morgan fingerprint density at radius 3 is 2.52 bits per heavy atom. The van der Waals surface area contributed by atoms with E-state index >= 15 is 0 Å². The Hall–Kier alpha value is -3.18. The third kappa shape index (κ3) is 4.81. The number of rotatable bonds is 5. The first-order valence-corrected chi connectivity index (χ1v) is 9.93. The fourth-order valence-corrected chi connectivity index (χ4v) is 3.29. The van der Waals surface area contributed by atoms with Gasteiger partial charge in [-0.2, -0.15) is 0 Å². The average molecular weight is 448 g/mol. The lowest BCUT2D eigenvalue weighted by Gasteiger charge is -2.07. The molecule has 4 rings (SSSR count). The average Bonchev–Trinajstić information content (AvgIpc) is 3.08. The third-order valence-corrected chi connectivity index (χ3v) is 4.89. The molecular formula is C24H18BrNO3. The first-order valence-electron chi connectivity index (χ1n) is 9.14. The van der Waals surface area contributed by atoms with E-state index in [1.54, 1.807) is 6.08 Å². The number of carbonyl (C=O) groups excluding carboxylic acids is 1. The lowest BCUT2D eigenvalue weighted by molar-refractivity contribution is -0.129. The Balaban J connectivity index is 1.45. The number of esters is 1. The van der Waals surface area contributed by atoms with E-state index in [2.05, 4.69) is 20.9 Å². The SMILES string of the molecule is Cc1ccc(C2=N/C(=C\c3ccc(OCc4cccc(Br)c4)cc3)C(=O)O2)cc1. The summed E-state index contributed by atoms with van der Waals surface area (Å²) in [6, 6.07) is 23.2. The maximum atomic E-state index is 12.1. The highest BCUT2D eigenvalue weighted by Crippen LogP contribution is 2.21. The number of aliphatic imine (C=N–C) groups is 1. The minimum atomic E-state index is -0.449. The van der Waals surface area contributed by atoms with Crippen LogP contribution in [0.15, 0.2) is 88.0 Å². The van der Waals surface area contributed by atoms with E-state index in [4.69, 9.17) is 9.47 Å². The lowest BCUT2D eigenvalue weighted by atomic mass is 10.1. The number of carbonyl (C=O) groups is 1. The van der Waals surface area contributed by atoms with Crippen LogP contribution in [-0.2, 0) is 16.1 Å². The fourth-order valence-electron chi connectivity index (χ4n) is 2.84. The minimum Gasteiger partial charge on any atom is -0.489 e. The van der Waals surface area contributed by atoms with Crippen LogP contribution in [-0.4, -0.2) is 11.9 Å². The predicted octanol–water partition coefficient (Wildman–Crippen LogP) is 5.68. The third-order valence-electron chi connectivity index (χ3n) is 4.40. The van der Waals surface area contributed by atoms with Crippen molar-refractivity contribution in [3.8, 4) is 5.75 Å². The Bertz CT molecular complexity index is 1100. The van der Waals surface area contributed by atoms with Gasteiger partial charge in [-0.25, -0.2) is 9.79 Å². The topological polar surface area (TPSA) is 47.9 Å². The summed E-state index contributed by atoms with van der Waals surface area (Å²) in [7, 11) is 0. The van der Waals surface area contributed by atoms with Crippen molar-refractivity contribution in [3.63, 3.8) is 0 Å². The molecule has 4 nitrogen and oxygen atoms in total. The van der Waals surface area contributed by atoms with Crippen LogP contribution in [0.25, 0.3) is 6.08 Å². The highest BCUT2D eigenvalue weighted by atomic mass is 79.9. The molecule has 0 saturated heterocycles. The van der Waals surface area contributed by atoms with Crippen molar-refractivity contribution in [1.29, 1.82) is 0 Å². The molecule has 3 aromatic carbocycles. The molecule has 1 heterocycles. The monoisotopic (exact) mass is 447 g/mol. The van der Waals surface area contributed by atoms with Gasteiger partial charge in [0.1, 0.15) is 12.4 Å². The molecule has 0 aliphatic carbocycles. The molecule has 0 unspecified atom stereocenters. The second kappa shape index (κ2) is 8.45. The van der Waals surface area contributed by atoms with Gasteiger partial charge in [-0.15, -0.1) is 0 Å². The number of halogens is 1. The van der Waals surface area contributed by atoms with Crippen molar-refractivity contribution < 1.29 is 14.3 Å². The summed E-state index contributed by atoms with van der Waals surface area (Å²) >= 11 is 3.46. The Kier molecular flexibility index (Phi) is 5.58. The molecule has 1 aliphatic heterocycles. The van der Waals surface area contributed by atoms with Gasteiger partial charge >= 0.3 is 5.97 Å². The largest absolute Gasteiger partial charge is 0.489 e. The summed E-state index contributed by atoms with van der Waals surface area (Å²) in [6.07, 6.45) is 1.71. The van der Waals surface area contributed by atoms with E-state index in [9.17, 15) is 4.79 Å². The smallest absolute Gasteiger partial charge is 0.363 e. The fraction of sp³-hybridized carbons (Fsp3) is 0.0833. The second-order valence-electron chi connectivity index (χ2n) is 6.69. The Morgan fingerprint density at radius 1 is 1.03 bits per heavy atom. The van der Waals surface area contributed by atoms with Crippen LogP contribution in [0.2, 0.25) is 0 Å². The zero-order valence-corrected chi connectivity index (χ0v) is 17.3. The lowest BCUT2D eigenvalue weighted by Crippen LogP contribution is -2.05. The molecule has 0 spiro atoms. The quantitative estimate of drug-likeness (QED) is 0.373. The molecule has 0 radical (unpaired) electrons. The molecular weight excluding hydrogens is 430 g/mol. The highest BCUT2D eigenvalue weighted by Gasteiger charge is 2.23. The van der Waals surface area contributed by atoms with Gasteiger partial charge < -0.3 is 9.47 Å². The number of ether oxygens (including phenoxy) is 2. The summed E-state index contributed by atoms with van der Waals surface area (Å²) in [5.41, 5.74) is 4.13. The van der Waals surface area contributed by atoms with Crippen LogP contribution in [0.1, 0.15) is 22.3 Å². The zero-order chi connectivity index (χ0) is 20.2. The molecule has 5 heteroatoms. The van der Waals surface area contributed by atoms with Gasteiger partial charge in [0.2, 0.25) is 5.90 Å². The van der Waals surface area contributed by atoms with Gasteiger partial charge in [0.15, 0.2) is 5.70 Å². The van der Waals surface area contributed by atoms with Crippen molar-refractivity contribution in [2.24, 2.45) is 4.99 Å². The number of hydrogen-bond acceptors (Lipinski definition) is 4. The first-order chi connectivity index (χ1) is 14.1. The van der Waals surface area contributed by atoms with Crippen LogP contribution >= 0.6 is 15.9 Å². The van der Waals surface area contributed by atoms with Crippen LogP contribution in [0.3, 0.4) is 0 Å². The second-order valence-corrected chi connectivity index (χ2v) is 7.61. The normalized spacial score (nSPS) is 14.6. The Labute approximate surface area is 177 Å². The van der Waals surface area contributed by atoms with Gasteiger partial charge in [-0.1, -0.05) is 57.9 Å². The van der Waals surface area contributed by atoms with Gasteiger partial charge in [0.25, 0.3) is 0 Å². The summed E-state index contributed by atoms with van der Waals surface area (Å²) in [5, 5.41) is 0. The molecule has 0 fully saturated rings. The summed E-state index contributed by atoms with van der Waals surface area (Å²) in [4.78, 5) is 16.5. The highest BCUT2D eigenvalue weighted by molar-refractivity contribution is 9.10. The van der Waals surface area contributed by atoms with Gasteiger partial charge in [-0.3, -0.25) is 0 Å². The predicted molar refractivity (Wildman–Crippen MR) is 117 cm³/mol. The maximum absolute atomic E-state index is 12.1. The van der Waals surface area contributed by atoms with E-state index < -0.39 is 5.97 Å². The van der Waals surface area contributed by atoms with E-state index in [0.717, 1.165) is 32.5 Å². The molecule has 1 aliphatic rings. The summed E-state index contributed by atoms with van der Waals surface area (Å²) < 4.78 is 12.1. The van der Waals surface area contributed by atoms with Crippen molar-refractivity contribution in [2.45, 2.75) is 13.5 Å². The van der Waals surface area contributed by atoms with Gasteiger partial charge in [0.05, 0.1) is 0 Å².